The topological polar surface area (TPSA) is 55.1 Å². The van der Waals surface area contributed by atoms with Crippen LogP contribution in [-0.2, 0) is 4.79 Å². The van der Waals surface area contributed by atoms with Crippen LogP contribution in [0.25, 0.3) is 0 Å². The number of halogens is 1. The van der Waals surface area contributed by atoms with E-state index in [1.165, 1.54) is 17.8 Å². The summed E-state index contributed by atoms with van der Waals surface area (Å²) in [5.74, 6) is -0.167. The molecule has 1 aromatic rings. The van der Waals surface area contributed by atoms with Gasteiger partial charge in [-0.05, 0) is 25.0 Å². The third kappa shape index (κ3) is 3.71. The van der Waals surface area contributed by atoms with Crippen molar-refractivity contribution in [3.8, 4) is 0 Å². The smallest absolute Gasteiger partial charge is 0.235 e. The van der Waals surface area contributed by atoms with E-state index in [1.54, 1.807) is 18.2 Å². The summed E-state index contributed by atoms with van der Waals surface area (Å²) in [6, 6.07) is 6.57. The van der Waals surface area contributed by atoms with Crippen molar-refractivity contribution >= 4 is 17.7 Å². The molecule has 1 aliphatic rings. The van der Waals surface area contributed by atoms with Crippen LogP contribution in [0.1, 0.15) is 12.8 Å². The van der Waals surface area contributed by atoms with Gasteiger partial charge >= 0.3 is 0 Å². The normalized spacial score (nSPS) is 16.8. The molecule has 0 aliphatic heterocycles. The van der Waals surface area contributed by atoms with Crippen molar-refractivity contribution in [3.05, 3.63) is 30.1 Å². The Kier molecular flexibility index (Phi) is 4.02. The molecule has 0 bridgehead atoms. The molecule has 1 amide bonds. The fourth-order valence-corrected chi connectivity index (χ4v) is 2.47. The van der Waals surface area contributed by atoms with Gasteiger partial charge in [-0.2, -0.15) is 0 Å². The van der Waals surface area contributed by atoms with Gasteiger partial charge in [-0.3, -0.25) is 4.79 Å². The SMILES string of the molecule is NC(=O)C(CSc1ccccc1F)NC1CC1. The molecular formula is C12H15FN2OS. The molecule has 1 aliphatic carbocycles. The van der Waals surface area contributed by atoms with Gasteiger partial charge in [0.1, 0.15) is 5.82 Å². The lowest BCUT2D eigenvalue weighted by atomic mass is 10.3. The summed E-state index contributed by atoms with van der Waals surface area (Å²) >= 11 is 1.31. The average Bonchev–Trinajstić information content (AvgIpc) is 3.09. The quantitative estimate of drug-likeness (QED) is 0.757. The molecule has 0 heterocycles. The van der Waals surface area contributed by atoms with Gasteiger partial charge in [-0.1, -0.05) is 12.1 Å². The minimum atomic E-state index is -0.382. The zero-order valence-electron chi connectivity index (χ0n) is 9.36. The highest BCUT2D eigenvalue weighted by Gasteiger charge is 2.27. The Morgan fingerprint density at radius 1 is 1.53 bits per heavy atom. The van der Waals surface area contributed by atoms with E-state index in [0.29, 0.717) is 16.7 Å². The van der Waals surface area contributed by atoms with E-state index in [4.69, 9.17) is 5.73 Å². The van der Waals surface area contributed by atoms with Crippen LogP contribution in [0.15, 0.2) is 29.2 Å². The van der Waals surface area contributed by atoms with E-state index in [-0.39, 0.29) is 17.8 Å². The van der Waals surface area contributed by atoms with Gasteiger partial charge in [0.25, 0.3) is 0 Å². The van der Waals surface area contributed by atoms with Crippen molar-refractivity contribution in [2.75, 3.05) is 5.75 Å². The molecule has 5 heteroatoms. The second kappa shape index (κ2) is 5.51. The number of nitrogens with one attached hydrogen (secondary N) is 1. The number of rotatable bonds is 6. The van der Waals surface area contributed by atoms with Gasteiger partial charge in [0.15, 0.2) is 0 Å². The summed E-state index contributed by atoms with van der Waals surface area (Å²) in [5.41, 5.74) is 5.31. The first kappa shape index (κ1) is 12.4. The Labute approximate surface area is 104 Å². The highest BCUT2D eigenvalue weighted by atomic mass is 32.2. The number of benzene rings is 1. The van der Waals surface area contributed by atoms with Crippen LogP contribution in [0, 0.1) is 5.82 Å². The minimum Gasteiger partial charge on any atom is -0.368 e. The van der Waals surface area contributed by atoms with Crippen LogP contribution in [0.2, 0.25) is 0 Å². The molecule has 17 heavy (non-hydrogen) atoms. The molecule has 92 valence electrons. The van der Waals surface area contributed by atoms with Crippen LogP contribution >= 0.6 is 11.8 Å². The number of carbonyl (C=O) groups is 1. The molecule has 0 aromatic heterocycles. The Balaban J connectivity index is 1.90. The second-order valence-electron chi connectivity index (χ2n) is 4.14. The fourth-order valence-electron chi connectivity index (χ4n) is 1.48. The van der Waals surface area contributed by atoms with Gasteiger partial charge in [-0.15, -0.1) is 11.8 Å². The first-order chi connectivity index (χ1) is 8.16. The minimum absolute atomic E-state index is 0.257. The van der Waals surface area contributed by atoms with Crippen molar-refractivity contribution < 1.29 is 9.18 Å². The fraction of sp³-hybridized carbons (Fsp3) is 0.417. The van der Waals surface area contributed by atoms with Crippen molar-refractivity contribution in [1.82, 2.24) is 5.32 Å². The van der Waals surface area contributed by atoms with Gasteiger partial charge in [0.2, 0.25) is 5.91 Å². The molecular weight excluding hydrogens is 239 g/mol. The first-order valence-electron chi connectivity index (χ1n) is 5.59. The highest BCUT2D eigenvalue weighted by molar-refractivity contribution is 7.99. The Hall–Kier alpha value is -1.07. The monoisotopic (exact) mass is 254 g/mol. The lowest BCUT2D eigenvalue weighted by Crippen LogP contribution is -2.44. The zero-order valence-corrected chi connectivity index (χ0v) is 10.2. The van der Waals surface area contributed by atoms with Crippen molar-refractivity contribution in [3.63, 3.8) is 0 Å². The van der Waals surface area contributed by atoms with Crippen LogP contribution in [0.3, 0.4) is 0 Å². The predicted octanol–water partition coefficient (Wildman–Crippen LogP) is 1.52. The molecule has 1 saturated carbocycles. The van der Waals surface area contributed by atoms with Crippen LogP contribution in [0.4, 0.5) is 4.39 Å². The van der Waals surface area contributed by atoms with E-state index in [0.717, 1.165) is 12.8 Å². The number of nitrogens with two attached hydrogens (primary N) is 1. The molecule has 1 fully saturated rings. The van der Waals surface area contributed by atoms with E-state index < -0.39 is 0 Å². The molecule has 0 saturated heterocycles. The molecule has 1 unspecified atom stereocenters. The summed E-state index contributed by atoms with van der Waals surface area (Å²) in [7, 11) is 0. The molecule has 0 spiro atoms. The van der Waals surface area contributed by atoms with Crippen molar-refractivity contribution in [2.45, 2.75) is 29.8 Å². The number of hydrogen-bond donors (Lipinski definition) is 2. The summed E-state index contributed by atoms with van der Waals surface area (Å²) < 4.78 is 13.4. The largest absolute Gasteiger partial charge is 0.368 e. The summed E-state index contributed by atoms with van der Waals surface area (Å²) in [5, 5.41) is 3.16. The number of carbonyl (C=O) groups excluding carboxylic acids is 1. The number of amides is 1. The van der Waals surface area contributed by atoms with E-state index >= 15 is 0 Å². The third-order valence-electron chi connectivity index (χ3n) is 2.60. The average molecular weight is 254 g/mol. The Bertz CT molecular complexity index is 409. The van der Waals surface area contributed by atoms with Gasteiger partial charge in [0.05, 0.1) is 6.04 Å². The van der Waals surface area contributed by atoms with Crippen LogP contribution in [-0.4, -0.2) is 23.7 Å². The molecule has 1 aromatic carbocycles. The maximum Gasteiger partial charge on any atom is 0.235 e. The van der Waals surface area contributed by atoms with Gasteiger partial charge < -0.3 is 11.1 Å². The predicted molar refractivity (Wildman–Crippen MR) is 66.3 cm³/mol. The van der Waals surface area contributed by atoms with Gasteiger partial charge in [-0.25, -0.2) is 4.39 Å². The number of hydrogen-bond acceptors (Lipinski definition) is 3. The first-order valence-corrected chi connectivity index (χ1v) is 6.58. The molecule has 3 nitrogen and oxygen atoms in total. The molecule has 1 atom stereocenters. The Morgan fingerprint density at radius 2 is 2.24 bits per heavy atom. The summed E-state index contributed by atoms with van der Waals surface area (Å²) in [6.07, 6.45) is 2.18. The molecule has 0 radical (unpaired) electrons. The van der Waals surface area contributed by atoms with E-state index in [1.807, 2.05) is 0 Å². The van der Waals surface area contributed by atoms with Gasteiger partial charge in [0, 0.05) is 16.7 Å². The summed E-state index contributed by atoms with van der Waals surface area (Å²) in [4.78, 5) is 11.8. The van der Waals surface area contributed by atoms with Crippen molar-refractivity contribution in [2.24, 2.45) is 5.73 Å². The van der Waals surface area contributed by atoms with E-state index in [2.05, 4.69) is 5.32 Å². The lowest BCUT2D eigenvalue weighted by molar-refractivity contribution is -0.119. The third-order valence-corrected chi connectivity index (χ3v) is 3.74. The summed E-state index contributed by atoms with van der Waals surface area (Å²) in [6.45, 7) is 0. The van der Waals surface area contributed by atoms with Crippen LogP contribution in [0.5, 0.6) is 0 Å². The number of primary amides is 1. The second-order valence-corrected chi connectivity index (χ2v) is 5.20. The van der Waals surface area contributed by atoms with Crippen LogP contribution < -0.4 is 11.1 Å². The van der Waals surface area contributed by atoms with Crippen molar-refractivity contribution in [1.29, 1.82) is 0 Å². The van der Waals surface area contributed by atoms with E-state index in [9.17, 15) is 9.18 Å². The highest BCUT2D eigenvalue weighted by Crippen LogP contribution is 2.24. The number of thioether (sulfide) groups is 1. The Morgan fingerprint density at radius 3 is 2.82 bits per heavy atom. The standard InChI is InChI=1S/C12H15FN2OS/c13-9-3-1-2-4-11(9)17-7-10(12(14)16)15-8-5-6-8/h1-4,8,10,15H,5-7H2,(H2,14,16). The molecule has 3 N–H and O–H groups in total. The molecule has 2 rings (SSSR count). The lowest BCUT2D eigenvalue weighted by Gasteiger charge is -2.14. The zero-order chi connectivity index (χ0) is 12.3. The maximum absolute atomic E-state index is 13.4. The maximum atomic E-state index is 13.4.